The zero-order valence-electron chi connectivity index (χ0n) is 21.7. The number of halogens is 2. The average Bonchev–Trinajstić information content (AvgIpc) is 3.47. The van der Waals surface area contributed by atoms with Crippen LogP contribution in [-0.2, 0) is 0 Å². The summed E-state index contributed by atoms with van der Waals surface area (Å²) < 4.78 is 5.35. The number of hydrogen-bond acceptors (Lipinski definition) is 7. The third-order valence-electron chi connectivity index (χ3n) is 6.93. The van der Waals surface area contributed by atoms with Crippen LogP contribution in [0.5, 0.6) is 11.6 Å². The highest BCUT2D eigenvalue weighted by molar-refractivity contribution is 5.92. The van der Waals surface area contributed by atoms with Crippen molar-refractivity contribution in [2.45, 2.75) is 0 Å². The second kappa shape index (κ2) is 11.9. The van der Waals surface area contributed by atoms with E-state index in [1.54, 1.807) is 7.11 Å². The van der Waals surface area contributed by atoms with Crippen LogP contribution in [0, 0.1) is 0 Å². The van der Waals surface area contributed by atoms with Crippen LogP contribution >= 0.6 is 24.8 Å². The lowest BCUT2D eigenvalue weighted by Crippen LogP contribution is -2.44. The van der Waals surface area contributed by atoms with E-state index >= 15 is 0 Å². The summed E-state index contributed by atoms with van der Waals surface area (Å²) in [4.78, 5) is 12.3. The molecule has 39 heavy (non-hydrogen) atoms. The molecular formula is C29H30Cl2N6O2. The van der Waals surface area contributed by atoms with E-state index in [1.807, 2.05) is 60.8 Å². The Morgan fingerprint density at radius 1 is 0.949 bits per heavy atom. The number of aromatic hydroxyl groups is 1. The zero-order chi connectivity index (χ0) is 25.4. The molecule has 0 amide bonds. The van der Waals surface area contributed by atoms with Crippen molar-refractivity contribution in [3.05, 3.63) is 82.4 Å². The molecule has 0 spiro atoms. The van der Waals surface area contributed by atoms with E-state index in [9.17, 15) is 5.11 Å². The summed E-state index contributed by atoms with van der Waals surface area (Å²) in [5, 5.41) is 22.0. The maximum Gasteiger partial charge on any atom is 0.196 e. The van der Waals surface area contributed by atoms with E-state index in [4.69, 9.17) is 4.74 Å². The molecular weight excluding hydrogens is 535 g/mol. The number of aromatic nitrogens is 2. The molecule has 4 heterocycles. The maximum atomic E-state index is 10.5. The van der Waals surface area contributed by atoms with Crippen LogP contribution < -0.4 is 20.1 Å². The Labute approximate surface area is 238 Å². The quantitative estimate of drug-likeness (QED) is 0.369. The van der Waals surface area contributed by atoms with Gasteiger partial charge in [0.25, 0.3) is 0 Å². The number of ether oxygens (including phenoxy) is 1. The first-order valence-corrected chi connectivity index (χ1v) is 12.3. The molecule has 2 aromatic carbocycles. The molecule has 2 N–H and O–H groups in total. The van der Waals surface area contributed by atoms with Gasteiger partial charge in [-0.3, -0.25) is 0 Å². The number of fused-ring (bicyclic) bond motifs is 2. The minimum Gasteiger partial charge on any atom is -0.497 e. The van der Waals surface area contributed by atoms with Gasteiger partial charge < -0.3 is 24.6 Å². The maximum absolute atomic E-state index is 10.5. The molecule has 0 bridgehead atoms. The highest BCUT2D eigenvalue weighted by Gasteiger charge is 2.15. The largest absolute Gasteiger partial charge is 0.497 e. The van der Waals surface area contributed by atoms with E-state index < -0.39 is 0 Å². The Morgan fingerprint density at radius 2 is 1.77 bits per heavy atom. The van der Waals surface area contributed by atoms with Gasteiger partial charge in [0.05, 0.1) is 18.5 Å². The van der Waals surface area contributed by atoms with Crippen molar-refractivity contribution >= 4 is 65.1 Å². The summed E-state index contributed by atoms with van der Waals surface area (Å²) >= 11 is 0. The number of nitrogens with one attached hydrogen (secondary N) is 1. The number of pyridine rings is 1. The monoisotopic (exact) mass is 564 g/mol. The third kappa shape index (κ3) is 5.78. The fourth-order valence-electron chi connectivity index (χ4n) is 4.73. The summed E-state index contributed by atoms with van der Waals surface area (Å²) in [6.45, 7) is 4.12. The van der Waals surface area contributed by atoms with Crippen LogP contribution in [0.4, 0.5) is 11.5 Å². The van der Waals surface area contributed by atoms with E-state index in [0.717, 1.165) is 76.0 Å². The molecule has 202 valence electrons. The van der Waals surface area contributed by atoms with Crippen molar-refractivity contribution in [1.82, 2.24) is 14.9 Å². The number of anilines is 1. The van der Waals surface area contributed by atoms with Crippen molar-refractivity contribution < 1.29 is 9.84 Å². The second-order valence-corrected chi connectivity index (χ2v) is 9.38. The molecule has 8 nitrogen and oxygen atoms in total. The molecule has 4 aromatic rings. The summed E-state index contributed by atoms with van der Waals surface area (Å²) in [7, 11) is 3.78. The molecule has 10 heteroatoms. The Kier molecular flexibility index (Phi) is 8.60. The van der Waals surface area contributed by atoms with Crippen molar-refractivity contribution in [2.24, 2.45) is 10.2 Å². The van der Waals surface area contributed by atoms with Crippen molar-refractivity contribution in [1.29, 1.82) is 0 Å². The molecule has 2 aliphatic heterocycles. The smallest absolute Gasteiger partial charge is 0.196 e. The Bertz CT molecular complexity index is 1660. The fraction of sp³-hybridized carbons (Fsp3) is 0.207. The summed E-state index contributed by atoms with van der Waals surface area (Å²) in [5.41, 5.74) is 4.18. The predicted molar refractivity (Wildman–Crippen MR) is 161 cm³/mol. The fourth-order valence-corrected chi connectivity index (χ4v) is 4.73. The van der Waals surface area contributed by atoms with Crippen LogP contribution in [0.25, 0.3) is 28.8 Å². The lowest BCUT2D eigenvalue weighted by Gasteiger charge is -2.33. The molecule has 0 atom stereocenters. The highest BCUT2D eigenvalue weighted by Crippen LogP contribution is 2.30. The lowest BCUT2D eigenvalue weighted by molar-refractivity contribution is 0.312. The topological polar surface area (TPSA) is 89.3 Å². The lowest BCUT2D eigenvalue weighted by atomic mass is 10.1. The van der Waals surface area contributed by atoms with Gasteiger partial charge in [0, 0.05) is 54.1 Å². The van der Waals surface area contributed by atoms with Crippen LogP contribution in [0.15, 0.2) is 71.0 Å². The molecule has 2 aromatic heterocycles. The Morgan fingerprint density at radius 3 is 2.51 bits per heavy atom. The SMILES string of the molecule is COc1ccc2[nH]c(O)c(/C=c3\ccc4c(c3)N=NC=4/C=C/c3ccc(N4CCN(C)CC4)nc3)c2c1.Cl.Cl. The summed E-state index contributed by atoms with van der Waals surface area (Å²) in [6.07, 6.45) is 7.83. The summed E-state index contributed by atoms with van der Waals surface area (Å²) in [6, 6.07) is 15.8. The minimum absolute atomic E-state index is 0. The van der Waals surface area contributed by atoms with Crippen molar-refractivity contribution in [3.8, 4) is 11.6 Å². The Hall–Kier alpha value is -3.85. The van der Waals surface area contributed by atoms with Gasteiger partial charge in [-0.2, -0.15) is 0 Å². The minimum atomic E-state index is 0. The number of nitrogens with zero attached hydrogens (tertiary/aromatic N) is 5. The molecule has 0 aliphatic carbocycles. The van der Waals surface area contributed by atoms with Gasteiger partial charge >= 0.3 is 0 Å². The first kappa shape index (κ1) is 28.2. The van der Waals surface area contributed by atoms with E-state index in [0.29, 0.717) is 5.56 Å². The number of benzene rings is 2. The number of likely N-dealkylation sites (N-methyl/N-ethyl adjacent to an activating group) is 1. The molecule has 1 saturated heterocycles. The summed E-state index contributed by atoms with van der Waals surface area (Å²) in [5.74, 6) is 1.87. The number of methoxy groups -OCH3 is 1. The van der Waals surface area contributed by atoms with Gasteiger partial charge in [0.1, 0.15) is 11.6 Å². The van der Waals surface area contributed by atoms with E-state index in [2.05, 4.69) is 49.2 Å². The normalized spacial score (nSPS) is 15.5. The molecule has 0 radical (unpaired) electrons. The number of rotatable bonds is 5. The van der Waals surface area contributed by atoms with Gasteiger partial charge in [-0.1, -0.05) is 12.1 Å². The standard InChI is InChI=1S/C29H28N6O2.2ClH/c1-34-11-13-35(14-12-34)28-10-5-19(18-30-28)4-8-26-22-7-3-20(16-27(22)33-32-26)15-24-23-17-21(37-2)6-9-25(23)31-29(24)36;;/h3-10,15-18,31,36H,11-14H2,1-2H3;2*1H/b8-4+,20-15+;;. The molecule has 6 rings (SSSR count). The van der Waals surface area contributed by atoms with Gasteiger partial charge in [-0.15, -0.1) is 35.0 Å². The second-order valence-electron chi connectivity index (χ2n) is 9.38. The van der Waals surface area contributed by atoms with Crippen molar-refractivity contribution in [2.75, 3.05) is 45.2 Å². The number of azo groups is 1. The van der Waals surface area contributed by atoms with Crippen LogP contribution in [0.3, 0.4) is 0 Å². The van der Waals surface area contributed by atoms with E-state index in [-0.39, 0.29) is 30.7 Å². The number of hydrogen-bond donors (Lipinski definition) is 2. The number of piperazine rings is 1. The highest BCUT2D eigenvalue weighted by atomic mass is 35.5. The van der Waals surface area contributed by atoms with Crippen LogP contribution in [0.1, 0.15) is 11.1 Å². The van der Waals surface area contributed by atoms with Gasteiger partial charge in [-0.25, -0.2) is 4.98 Å². The van der Waals surface area contributed by atoms with Gasteiger partial charge in [-0.05, 0) is 72.4 Å². The van der Waals surface area contributed by atoms with Crippen LogP contribution in [0.2, 0.25) is 0 Å². The third-order valence-corrected chi connectivity index (χ3v) is 6.93. The Balaban J connectivity index is 0.00000176. The van der Waals surface area contributed by atoms with Crippen molar-refractivity contribution in [3.63, 3.8) is 0 Å². The molecule has 0 unspecified atom stereocenters. The van der Waals surface area contributed by atoms with E-state index in [1.165, 1.54) is 0 Å². The molecule has 1 fully saturated rings. The molecule has 0 saturated carbocycles. The van der Waals surface area contributed by atoms with Crippen LogP contribution in [-0.4, -0.2) is 60.3 Å². The number of aromatic amines is 1. The molecule has 2 aliphatic rings. The first-order chi connectivity index (χ1) is 18.1. The number of H-pyrrole nitrogens is 1. The van der Waals surface area contributed by atoms with Gasteiger partial charge in [0.2, 0.25) is 0 Å². The average molecular weight is 566 g/mol. The van der Waals surface area contributed by atoms with Gasteiger partial charge in [0.15, 0.2) is 5.88 Å². The first-order valence-electron chi connectivity index (χ1n) is 12.3. The zero-order valence-corrected chi connectivity index (χ0v) is 23.3. The predicted octanol–water partition coefficient (Wildman–Crippen LogP) is 4.62.